The largest absolute Gasteiger partial charge is 0.472 e. The first-order valence-corrected chi connectivity index (χ1v) is 9.64. The maximum atomic E-state index is 9.96. The predicted octanol–water partition coefficient (Wildman–Crippen LogP) is 3.91. The number of nitrogens with zero attached hydrogens (tertiary/aromatic N) is 3. The summed E-state index contributed by atoms with van der Waals surface area (Å²) in [4.78, 5) is 11.1. The second-order valence-corrected chi connectivity index (χ2v) is 7.32. The van der Waals surface area contributed by atoms with Gasteiger partial charge >= 0.3 is 0 Å². The van der Waals surface area contributed by atoms with Gasteiger partial charge in [0.05, 0.1) is 18.8 Å². The lowest BCUT2D eigenvalue weighted by atomic mass is 10.0. The molecule has 0 amide bonds. The lowest BCUT2D eigenvalue weighted by Crippen LogP contribution is -2.25. The molecule has 144 valence electrons. The summed E-state index contributed by atoms with van der Waals surface area (Å²) in [5.74, 6) is 0.667. The minimum absolute atomic E-state index is 0.00338. The van der Waals surface area contributed by atoms with E-state index < -0.39 is 0 Å². The third-order valence-corrected chi connectivity index (χ3v) is 5.19. The maximum Gasteiger partial charge on any atom is 0.213 e. The molecular weight excluding hydrogens is 350 g/mol. The van der Waals surface area contributed by atoms with Crippen LogP contribution in [0.5, 0.6) is 5.88 Å². The molecule has 1 atom stereocenters. The molecule has 0 spiro atoms. The molecule has 1 aliphatic rings. The van der Waals surface area contributed by atoms with Crippen molar-refractivity contribution in [3.63, 3.8) is 0 Å². The Morgan fingerprint density at radius 1 is 1.14 bits per heavy atom. The highest BCUT2D eigenvalue weighted by molar-refractivity contribution is 5.68. The molecule has 28 heavy (non-hydrogen) atoms. The van der Waals surface area contributed by atoms with Crippen LogP contribution >= 0.6 is 0 Å². The Labute approximate surface area is 165 Å². The van der Waals surface area contributed by atoms with Gasteiger partial charge in [-0.25, -0.2) is 4.98 Å². The Kier molecular flexibility index (Phi) is 5.26. The lowest BCUT2D eigenvalue weighted by molar-refractivity contribution is 0.215. The minimum atomic E-state index is -0.00338. The highest BCUT2D eigenvalue weighted by atomic mass is 16.5. The molecule has 3 aromatic rings. The lowest BCUT2D eigenvalue weighted by Gasteiger charge is -2.22. The monoisotopic (exact) mass is 375 g/mol. The molecule has 0 radical (unpaired) electrons. The predicted molar refractivity (Wildman–Crippen MR) is 111 cm³/mol. The van der Waals surface area contributed by atoms with E-state index in [1.807, 2.05) is 37.4 Å². The van der Waals surface area contributed by atoms with Gasteiger partial charge in [0.25, 0.3) is 0 Å². The number of ether oxygens (including phenoxy) is 1. The van der Waals surface area contributed by atoms with Crippen LogP contribution in [0.3, 0.4) is 0 Å². The molecule has 0 unspecified atom stereocenters. The zero-order valence-corrected chi connectivity index (χ0v) is 16.3. The van der Waals surface area contributed by atoms with E-state index in [2.05, 4.69) is 40.0 Å². The van der Waals surface area contributed by atoms with E-state index in [9.17, 15) is 5.11 Å². The fraction of sp³-hybridized carbons (Fsp3) is 0.304. The normalized spacial score (nSPS) is 16.4. The van der Waals surface area contributed by atoms with Gasteiger partial charge in [-0.1, -0.05) is 18.2 Å². The third-order valence-electron chi connectivity index (χ3n) is 5.19. The number of aliphatic hydroxyl groups excluding tert-OH is 1. The molecule has 0 aliphatic carbocycles. The van der Waals surface area contributed by atoms with Gasteiger partial charge in [-0.15, -0.1) is 0 Å². The summed E-state index contributed by atoms with van der Waals surface area (Å²) in [7, 11) is 0. The van der Waals surface area contributed by atoms with Crippen molar-refractivity contribution >= 4 is 5.69 Å². The summed E-state index contributed by atoms with van der Waals surface area (Å²) in [5, 5.41) is 9.96. The van der Waals surface area contributed by atoms with Crippen LogP contribution in [-0.2, 0) is 6.61 Å². The molecular formula is C23H25N3O2. The first-order valence-electron chi connectivity index (χ1n) is 9.64. The van der Waals surface area contributed by atoms with E-state index in [0.717, 1.165) is 53.1 Å². The summed E-state index contributed by atoms with van der Waals surface area (Å²) in [6, 6.07) is 14.1. The summed E-state index contributed by atoms with van der Waals surface area (Å²) in [6.07, 6.45) is 4.65. The van der Waals surface area contributed by atoms with E-state index >= 15 is 0 Å². The number of aryl methyl sites for hydroxylation is 2. The van der Waals surface area contributed by atoms with Crippen molar-refractivity contribution in [1.29, 1.82) is 0 Å². The van der Waals surface area contributed by atoms with Crippen molar-refractivity contribution in [1.82, 2.24) is 9.97 Å². The van der Waals surface area contributed by atoms with E-state index in [-0.39, 0.29) is 12.7 Å². The third kappa shape index (κ3) is 3.85. The van der Waals surface area contributed by atoms with Crippen molar-refractivity contribution in [3.05, 3.63) is 71.5 Å². The highest BCUT2D eigenvalue weighted by Gasteiger charge is 2.26. The fourth-order valence-electron chi connectivity index (χ4n) is 3.69. The number of rotatable bonds is 5. The topological polar surface area (TPSA) is 58.5 Å². The van der Waals surface area contributed by atoms with Gasteiger partial charge in [0, 0.05) is 48.2 Å². The molecule has 5 heteroatoms. The first-order chi connectivity index (χ1) is 13.6. The summed E-state index contributed by atoms with van der Waals surface area (Å²) in [6.45, 7) is 5.74. The molecule has 1 aliphatic heterocycles. The Morgan fingerprint density at radius 3 is 2.79 bits per heavy atom. The van der Waals surface area contributed by atoms with Gasteiger partial charge in [0.2, 0.25) is 5.88 Å². The molecule has 2 aromatic heterocycles. The Morgan fingerprint density at radius 2 is 2.04 bits per heavy atom. The van der Waals surface area contributed by atoms with Gasteiger partial charge < -0.3 is 14.7 Å². The van der Waals surface area contributed by atoms with Crippen LogP contribution in [0.15, 0.2) is 54.9 Å². The van der Waals surface area contributed by atoms with E-state index in [0.29, 0.717) is 5.88 Å². The summed E-state index contributed by atoms with van der Waals surface area (Å²) >= 11 is 0. The zero-order chi connectivity index (χ0) is 19.5. The van der Waals surface area contributed by atoms with Gasteiger partial charge in [0.15, 0.2) is 0 Å². The number of benzene rings is 1. The quantitative estimate of drug-likeness (QED) is 0.733. The minimum Gasteiger partial charge on any atom is -0.472 e. The van der Waals surface area contributed by atoms with E-state index in [1.165, 1.54) is 0 Å². The molecule has 1 fully saturated rings. The highest BCUT2D eigenvalue weighted by Crippen LogP contribution is 2.31. The van der Waals surface area contributed by atoms with Crippen LogP contribution in [0, 0.1) is 13.8 Å². The van der Waals surface area contributed by atoms with Crippen LogP contribution < -0.4 is 9.64 Å². The summed E-state index contributed by atoms with van der Waals surface area (Å²) < 4.78 is 6.04. The molecule has 1 aromatic carbocycles. The average molecular weight is 375 g/mol. The van der Waals surface area contributed by atoms with Crippen molar-refractivity contribution in [2.24, 2.45) is 0 Å². The van der Waals surface area contributed by atoms with Gasteiger partial charge in [-0.05, 0) is 43.2 Å². The Bertz CT molecular complexity index is 956. The Balaban J connectivity index is 1.51. The molecule has 1 saturated heterocycles. The van der Waals surface area contributed by atoms with Crippen molar-refractivity contribution in [2.75, 3.05) is 18.0 Å². The van der Waals surface area contributed by atoms with Crippen LogP contribution in [0.1, 0.15) is 23.1 Å². The van der Waals surface area contributed by atoms with Crippen molar-refractivity contribution in [2.45, 2.75) is 33.0 Å². The molecule has 5 nitrogen and oxygen atoms in total. The standard InChI is InChI=1S/C23H25N3O2/c1-16-5-8-22(25-13-16)28-20-9-11-26(14-20)21-7-6-18(12-19(21)15-27)23-17(2)4-3-10-24-23/h3-8,10,12-13,20,27H,9,11,14-15H2,1-2H3/t20-/m0/s1. The van der Waals surface area contributed by atoms with Gasteiger partial charge in [0.1, 0.15) is 6.10 Å². The number of aliphatic hydroxyl groups is 1. The smallest absolute Gasteiger partial charge is 0.213 e. The number of pyridine rings is 2. The molecule has 3 heterocycles. The number of anilines is 1. The SMILES string of the molecule is Cc1ccc(O[C@H]2CCN(c3ccc(-c4ncccc4C)cc3CO)C2)nc1. The number of hydrogen-bond acceptors (Lipinski definition) is 5. The molecule has 0 bridgehead atoms. The second kappa shape index (κ2) is 7.98. The van der Waals surface area contributed by atoms with Crippen LogP contribution in [0.2, 0.25) is 0 Å². The average Bonchev–Trinajstić information content (AvgIpc) is 3.18. The fourth-order valence-corrected chi connectivity index (χ4v) is 3.69. The second-order valence-electron chi connectivity index (χ2n) is 7.32. The van der Waals surface area contributed by atoms with Crippen LogP contribution in [0.25, 0.3) is 11.3 Å². The molecule has 0 saturated carbocycles. The first kappa shape index (κ1) is 18.4. The Hall–Kier alpha value is -2.92. The zero-order valence-electron chi connectivity index (χ0n) is 16.3. The van der Waals surface area contributed by atoms with Gasteiger partial charge in [-0.3, -0.25) is 4.98 Å². The van der Waals surface area contributed by atoms with E-state index in [4.69, 9.17) is 4.74 Å². The maximum absolute atomic E-state index is 9.96. The number of hydrogen-bond donors (Lipinski definition) is 1. The summed E-state index contributed by atoms with van der Waals surface area (Å²) in [5.41, 5.74) is 6.20. The molecule has 4 rings (SSSR count). The van der Waals surface area contributed by atoms with Crippen LogP contribution in [-0.4, -0.2) is 34.3 Å². The van der Waals surface area contributed by atoms with Crippen LogP contribution in [0.4, 0.5) is 5.69 Å². The molecule has 1 N–H and O–H groups in total. The van der Waals surface area contributed by atoms with E-state index in [1.54, 1.807) is 6.20 Å². The van der Waals surface area contributed by atoms with Gasteiger partial charge in [-0.2, -0.15) is 0 Å². The number of aromatic nitrogens is 2. The van der Waals surface area contributed by atoms with Crippen molar-refractivity contribution in [3.8, 4) is 17.1 Å². The van der Waals surface area contributed by atoms with Crippen molar-refractivity contribution < 1.29 is 9.84 Å².